The molecule has 15 heavy (non-hydrogen) atoms. The average molecular weight is 204 g/mol. The van der Waals surface area contributed by atoms with Gasteiger partial charge >= 0.3 is 5.97 Å². The second kappa shape index (κ2) is 5.35. The molecule has 0 heterocycles. The summed E-state index contributed by atoms with van der Waals surface area (Å²) in [5.41, 5.74) is 2.18. The topological polar surface area (TPSA) is 37.3 Å². The van der Waals surface area contributed by atoms with Crippen molar-refractivity contribution in [3.8, 4) is 0 Å². The molecule has 0 atom stereocenters. The van der Waals surface area contributed by atoms with Gasteiger partial charge in [-0.15, -0.1) is 0 Å². The van der Waals surface area contributed by atoms with Crippen LogP contribution in [-0.4, -0.2) is 11.1 Å². The first kappa shape index (κ1) is 11.5. The van der Waals surface area contributed by atoms with Crippen LogP contribution in [-0.2, 0) is 6.42 Å². The zero-order valence-corrected chi connectivity index (χ0v) is 8.99. The van der Waals surface area contributed by atoms with Crippen LogP contribution < -0.4 is 0 Å². The average Bonchev–Trinajstić information content (AvgIpc) is 2.25. The highest BCUT2D eigenvalue weighted by Gasteiger charge is 2.10. The zero-order valence-electron chi connectivity index (χ0n) is 8.99. The van der Waals surface area contributed by atoms with Gasteiger partial charge in [0.05, 0.1) is 5.56 Å². The Labute approximate surface area is 90.3 Å². The van der Waals surface area contributed by atoms with Crippen LogP contribution in [0.1, 0.15) is 41.3 Å². The molecule has 1 rings (SSSR count). The Kier molecular flexibility index (Phi) is 4.10. The van der Waals surface area contributed by atoms with Gasteiger partial charge in [0.15, 0.2) is 0 Å². The Bertz CT molecular complexity index is 367. The van der Waals surface area contributed by atoms with E-state index in [0.717, 1.165) is 30.4 Å². The minimum absolute atomic E-state index is 0.346. The summed E-state index contributed by atoms with van der Waals surface area (Å²) >= 11 is 0. The van der Waals surface area contributed by atoms with Crippen molar-refractivity contribution >= 4 is 12.0 Å². The number of carboxylic acids is 1. The fraction of sp³-hybridized carbons (Fsp3) is 0.308. The zero-order chi connectivity index (χ0) is 11.3. The van der Waals surface area contributed by atoms with E-state index in [4.69, 9.17) is 5.11 Å². The lowest BCUT2D eigenvalue weighted by atomic mass is 9.97. The van der Waals surface area contributed by atoms with E-state index in [9.17, 15) is 4.79 Å². The fourth-order valence-corrected chi connectivity index (χ4v) is 1.63. The first-order chi connectivity index (χ1) is 7.20. The Hall–Kier alpha value is -1.57. The highest BCUT2D eigenvalue weighted by molar-refractivity contribution is 5.92. The van der Waals surface area contributed by atoms with E-state index in [1.807, 2.05) is 6.07 Å². The van der Waals surface area contributed by atoms with Gasteiger partial charge in [-0.1, -0.05) is 38.1 Å². The lowest BCUT2D eigenvalue weighted by Gasteiger charge is -2.08. The lowest BCUT2D eigenvalue weighted by Crippen LogP contribution is -2.02. The second-order valence-electron chi connectivity index (χ2n) is 3.49. The normalized spacial score (nSPS) is 9.93. The molecule has 2 nitrogen and oxygen atoms in total. The Balaban J connectivity index is 3.10. The summed E-state index contributed by atoms with van der Waals surface area (Å²) in [5, 5.41) is 9.00. The third-order valence-electron chi connectivity index (χ3n) is 2.43. The van der Waals surface area contributed by atoms with Crippen LogP contribution in [0.15, 0.2) is 24.8 Å². The summed E-state index contributed by atoms with van der Waals surface area (Å²) in [6.07, 6.45) is 4.73. The lowest BCUT2D eigenvalue weighted by molar-refractivity contribution is 0.0696. The summed E-state index contributed by atoms with van der Waals surface area (Å²) in [4.78, 5) is 11.0. The van der Waals surface area contributed by atoms with Crippen molar-refractivity contribution in [2.24, 2.45) is 0 Å². The maximum atomic E-state index is 11.0. The Morgan fingerprint density at radius 1 is 1.53 bits per heavy atom. The molecule has 2 heteroatoms. The molecular weight excluding hydrogens is 188 g/mol. The van der Waals surface area contributed by atoms with Gasteiger partial charge in [0, 0.05) is 0 Å². The fourth-order valence-electron chi connectivity index (χ4n) is 1.63. The van der Waals surface area contributed by atoms with Crippen molar-refractivity contribution < 1.29 is 9.90 Å². The summed E-state index contributed by atoms with van der Waals surface area (Å²) in [5.74, 6) is -0.886. The highest BCUT2D eigenvalue weighted by Crippen LogP contribution is 2.18. The van der Waals surface area contributed by atoms with E-state index in [-0.39, 0.29) is 0 Å². The number of hydrogen-bond acceptors (Lipinski definition) is 1. The van der Waals surface area contributed by atoms with E-state index in [1.165, 1.54) is 0 Å². The van der Waals surface area contributed by atoms with Gasteiger partial charge in [-0.25, -0.2) is 4.79 Å². The van der Waals surface area contributed by atoms with Crippen LogP contribution in [0.2, 0.25) is 0 Å². The maximum Gasteiger partial charge on any atom is 0.336 e. The molecule has 0 saturated carbocycles. The van der Waals surface area contributed by atoms with Crippen molar-refractivity contribution in [2.45, 2.75) is 26.2 Å². The summed E-state index contributed by atoms with van der Waals surface area (Å²) < 4.78 is 0. The third-order valence-corrected chi connectivity index (χ3v) is 2.43. The van der Waals surface area contributed by atoms with E-state index in [1.54, 1.807) is 18.2 Å². The molecule has 0 fully saturated rings. The largest absolute Gasteiger partial charge is 0.478 e. The van der Waals surface area contributed by atoms with Crippen LogP contribution in [0.5, 0.6) is 0 Å². The number of aryl methyl sites for hydroxylation is 1. The van der Waals surface area contributed by atoms with Crippen molar-refractivity contribution in [3.05, 3.63) is 41.5 Å². The molecule has 1 aromatic carbocycles. The quantitative estimate of drug-likeness (QED) is 0.798. The van der Waals surface area contributed by atoms with Crippen LogP contribution in [0.25, 0.3) is 6.08 Å². The maximum absolute atomic E-state index is 11.0. The van der Waals surface area contributed by atoms with Crippen molar-refractivity contribution in [3.63, 3.8) is 0 Å². The standard InChI is InChI=1S/C13H16O2/c1-3-5-7-10-8-6-9-12(13(14)15)11(10)4-2/h4,6,8-9H,2-3,5,7H2,1H3,(H,14,15). The van der Waals surface area contributed by atoms with Crippen molar-refractivity contribution in [1.82, 2.24) is 0 Å². The molecule has 0 radical (unpaired) electrons. The van der Waals surface area contributed by atoms with E-state index < -0.39 is 5.97 Å². The number of aromatic carboxylic acids is 1. The number of carbonyl (C=O) groups is 1. The first-order valence-electron chi connectivity index (χ1n) is 5.18. The predicted molar refractivity (Wildman–Crippen MR) is 62.1 cm³/mol. The number of unbranched alkanes of at least 4 members (excludes halogenated alkanes) is 1. The third kappa shape index (κ3) is 2.69. The Morgan fingerprint density at radius 3 is 2.80 bits per heavy atom. The summed E-state index contributed by atoms with van der Waals surface area (Å²) in [6, 6.07) is 5.38. The van der Waals surface area contributed by atoms with Gasteiger partial charge in [0.2, 0.25) is 0 Å². The van der Waals surface area contributed by atoms with E-state index in [0.29, 0.717) is 5.56 Å². The smallest absolute Gasteiger partial charge is 0.336 e. The van der Waals surface area contributed by atoms with Crippen LogP contribution in [0.4, 0.5) is 0 Å². The molecule has 0 aliphatic carbocycles. The number of carboxylic acid groups (broad SMARTS) is 1. The van der Waals surface area contributed by atoms with Crippen LogP contribution >= 0.6 is 0 Å². The second-order valence-corrected chi connectivity index (χ2v) is 3.49. The number of benzene rings is 1. The molecule has 0 aliphatic heterocycles. The predicted octanol–water partition coefficient (Wildman–Crippen LogP) is 3.37. The molecule has 0 bridgehead atoms. The minimum atomic E-state index is -0.886. The van der Waals surface area contributed by atoms with Crippen LogP contribution in [0.3, 0.4) is 0 Å². The van der Waals surface area contributed by atoms with Gasteiger partial charge in [-0.3, -0.25) is 0 Å². The molecule has 80 valence electrons. The Morgan fingerprint density at radius 2 is 2.27 bits per heavy atom. The van der Waals surface area contributed by atoms with Crippen LogP contribution in [0, 0.1) is 0 Å². The highest BCUT2D eigenvalue weighted by atomic mass is 16.4. The van der Waals surface area contributed by atoms with Gasteiger partial charge in [0.25, 0.3) is 0 Å². The van der Waals surface area contributed by atoms with E-state index >= 15 is 0 Å². The summed E-state index contributed by atoms with van der Waals surface area (Å²) in [6.45, 7) is 5.80. The molecular formula is C13H16O2. The molecule has 0 aliphatic rings. The molecule has 0 spiro atoms. The number of rotatable bonds is 5. The molecule has 0 amide bonds. The molecule has 0 saturated heterocycles. The molecule has 1 aromatic rings. The minimum Gasteiger partial charge on any atom is -0.478 e. The van der Waals surface area contributed by atoms with E-state index in [2.05, 4.69) is 13.5 Å². The molecule has 0 aromatic heterocycles. The van der Waals surface area contributed by atoms with Crippen molar-refractivity contribution in [1.29, 1.82) is 0 Å². The number of hydrogen-bond donors (Lipinski definition) is 1. The SMILES string of the molecule is C=Cc1c(CCCC)cccc1C(=O)O. The summed E-state index contributed by atoms with van der Waals surface area (Å²) in [7, 11) is 0. The van der Waals surface area contributed by atoms with Gasteiger partial charge in [0.1, 0.15) is 0 Å². The monoisotopic (exact) mass is 204 g/mol. The van der Waals surface area contributed by atoms with Gasteiger partial charge < -0.3 is 5.11 Å². The van der Waals surface area contributed by atoms with Gasteiger partial charge in [-0.05, 0) is 30.0 Å². The molecule has 1 N–H and O–H groups in total. The first-order valence-corrected chi connectivity index (χ1v) is 5.18. The van der Waals surface area contributed by atoms with Crippen molar-refractivity contribution in [2.75, 3.05) is 0 Å². The molecule has 0 unspecified atom stereocenters. The van der Waals surface area contributed by atoms with Gasteiger partial charge in [-0.2, -0.15) is 0 Å².